The van der Waals surface area contributed by atoms with E-state index in [9.17, 15) is 57.5 Å². The Balaban J connectivity index is 2.34. The second kappa shape index (κ2) is 56.3. The molecule has 0 aromatic rings. The molecule has 1 N–H and O–H groups in total. The highest BCUT2D eigenvalue weighted by molar-refractivity contribution is 5.83. The van der Waals surface area contributed by atoms with Crippen LogP contribution in [0.5, 0.6) is 0 Å². The van der Waals surface area contributed by atoms with Gasteiger partial charge in [-0.3, -0.25) is 62.3 Å². The van der Waals surface area contributed by atoms with E-state index < -0.39 is 214 Å². The predicted octanol–water partition coefficient (Wildman–Crippen LogP) is 11.3. The van der Waals surface area contributed by atoms with Gasteiger partial charge in [-0.15, -0.1) is 0 Å². The van der Waals surface area contributed by atoms with E-state index in [1.807, 2.05) is 0 Å². The molecule has 3 heterocycles. The Morgan fingerprint density at radius 2 is 0.658 bits per heavy atom. The summed E-state index contributed by atoms with van der Waals surface area (Å²) in [5.74, 6) is -11.7. The molecule has 19 atom stereocenters. The first-order chi connectivity index (χ1) is 54.1. The Kier molecular flexibility index (Phi) is 49.9. The van der Waals surface area contributed by atoms with Crippen molar-refractivity contribution in [3.05, 3.63) is 0 Å². The van der Waals surface area contributed by atoms with Gasteiger partial charge in [0.15, 0.2) is 73.8 Å². The lowest BCUT2D eigenvalue weighted by Crippen LogP contribution is -2.69. The third-order valence-electron chi connectivity index (χ3n) is 19.3. The van der Waals surface area contributed by atoms with Crippen LogP contribution in [0.15, 0.2) is 0 Å². The highest BCUT2D eigenvalue weighted by atomic mass is 16.8. The molecule has 0 radical (unpaired) electrons. The molecule has 32 nitrogen and oxygen atoms in total. The van der Waals surface area contributed by atoms with Crippen molar-refractivity contribution in [2.45, 2.75) is 420 Å². The highest BCUT2D eigenvalue weighted by Gasteiger charge is 2.60. The summed E-state index contributed by atoms with van der Waals surface area (Å²) in [6, 6.07) is -1.63. The third kappa shape index (κ3) is 41.1. The van der Waals surface area contributed by atoms with Crippen LogP contribution in [0.2, 0.25) is 0 Å². The minimum Gasteiger partial charge on any atom is -0.463 e. The third-order valence-corrected chi connectivity index (χ3v) is 19.3. The standard InChI is InChI=1S/C82H135NO31/c1-17-18-19-20-21-22-23-24-25-26-27-28-29-30-33-37-40-43-46-66(102-55(8)87)79(96)83-64(70(104-57(10)89)65(101-54(7)86)45-42-39-36-34-31-32-35-38-41-44-50(2)3)47-99-80-76(108-61(14)93)75(114-81-77(109-62(15)94)73(106-59(12)91)69(51(4)100-81)103-56(9)88)72(68(111-80)49-98-53(6)85)113-82-78(110-63(16)95)74(107-60(13)92)71(105-58(11)90)67(112-82)48-97-52(5)84/h50-51,64-78,80-82H,17-49H2,1-16H3,(H,83,96)/t51-,64-,65+,66+,67+,68+,69+,70-,71-,72+,73+,74-,75-,76+,77-,78+,80+,81-,82-/m0/s1. The first-order valence-corrected chi connectivity index (χ1v) is 41.3. The topological polar surface area (TPSA) is 400 Å². The van der Waals surface area contributed by atoms with Crippen LogP contribution in [0.3, 0.4) is 0 Å². The van der Waals surface area contributed by atoms with Gasteiger partial charge in [0.1, 0.15) is 43.7 Å². The SMILES string of the molecule is CCCCCCCCCCCCCCCCCCCC[C@@H](OC(C)=O)C(=O)N[C@@H](CO[C@@H]1O[C@H](COC(C)=O)[C@@H](O[C@@H]2O[C@H](COC(C)=O)[C@H](OC(C)=O)[C@H](OC(C)=O)[C@H]2OC(C)=O)[C@H](O[C@@H]2O[C@@H](C)[C@@H](OC(C)=O)[C@@H](OC(C)=O)[C@@H]2OC(C)=O)[C@H]1OC(C)=O)[C@H](OC(C)=O)[C@@H](CCCCCCCCCCCC(C)C)OC(C)=O. The second-order valence-electron chi connectivity index (χ2n) is 30.3. The quantitative estimate of drug-likeness (QED) is 0.0336. The lowest BCUT2D eigenvalue weighted by atomic mass is 9.95. The Bertz CT molecular complexity index is 2930. The van der Waals surface area contributed by atoms with Gasteiger partial charge in [-0.05, 0) is 38.5 Å². The van der Waals surface area contributed by atoms with Crippen LogP contribution >= 0.6 is 0 Å². The lowest BCUT2D eigenvalue weighted by molar-refractivity contribution is -0.386. The minimum absolute atomic E-state index is 0.0372. The van der Waals surface area contributed by atoms with E-state index in [1.165, 1.54) is 84.0 Å². The summed E-state index contributed by atoms with van der Waals surface area (Å²) in [6.07, 6.45) is -2.92. The maximum atomic E-state index is 15.1. The van der Waals surface area contributed by atoms with E-state index in [0.717, 1.165) is 160 Å². The monoisotopic (exact) mass is 1630 g/mol. The van der Waals surface area contributed by atoms with Crippen molar-refractivity contribution in [3.8, 4) is 0 Å². The first kappa shape index (κ1) is 101. The summed E-state index contributed by atoms with van der Waals surface area (Å²) in [6.45, 7) is 17.9. The molecular formula is C82H135NO31. The van der Waals surface area contributed by atoms with E-state index in [-0.39, 0.29) is 12.8 Å². The zero-order valence-corrected chi connectivity index (χ0v) is 70.5. The number of nitrogens with one attached hydrogen (secondary N) is 1. The zero-order chi connectivity index (χ0) is 84.8. The van der Waals surface area contributed by atoms with Crippen LogP contribution in [0, 0.1) is 5.92 Å². The van der Waals surface area contributed by atoms with Gasteiger partial charge in [-0.2, -0.15) is 0 Å². The summed E-state index contributed by atoms with van der Waals surface area (Å²) < 4.78 is 109. The molecule has 0 bridgehead atoms. The van der Waals surface area contributed by atoms with Crippen LogP contribution in [-0.2, 0) is 148 Å². The largest absolute Gasteiger partial charge is 0.463 e. The van der Waals surface area contributed by atoms with Crippen molar-refractivity contribution >= 4 is 77.5 Å². The van der Waals surface area contributed by atoms with Gasteiger partial charge in [0, 0.05) is 83.1 Å². The number of unbranched alkanes of at least 4 members (excludes halogenated alkanes) is 25. The van der Waals surface area contributed by atoms with Crippen LogP contribution < -0.4 is 5.32 Å². The van der Waals surface area contributed by atoms with Gasteiger partial charge in [0.05, 0.1) is 18.8 Å². The molecule has 0 aliphatic carbocycles. The number of amides is 1. The van der Waals surface area contributed by atoms with Crippen LogP contribution in [0.25, 0.3) is 0 Å². The number of ether oxygens (including phenoxy) is 18. The Morgan fingerprint density at radius 3 is 1.06 bits per heavy atom. The van der Waals surface area contributed by atoms with Crippen molar-refractivity contribution in [3.63, 3.8) is 0 Å². The first-order valence-electron chi connectivity index (χ1n) is 41.3. The predicted molar refractivity (Wildman–Crippen MR) is 407 cm³/mol. The summed E-state index contributed by atoms with van der Waals surface area (Å²) in [4.78, 5) is 173. The maximum Gasteiger partial charge on any atom is 0.303 e. The van der Waals surface area contributed by atoms with Crippen LogP contribution in [0.1, 0.15) is 303 Å². The highest BCUT2D eigenvalue weighted by Crippen LogP contribution is 2.39. The smallest absolute Gasteiger partial charge is 0.303 e. The molecule has 0 saturated carbocycles. The fourth-order valence-corrected chi connectivity index (χ4v) is 14.3. The van der Waals surface area contributed by atoms with Crippen molar-refractivity contribution in [2.24, 2.45) is 5.92 Å². The molecule has 3 aliphatic heterocycles. The molecule has 0 spiro atoms. The lowest BCUT2D eigenvalue weighted by Gasteiger charge is -2.50. The molecule has 3 rings (SSSR count). The molecular weight excluding hydrogens is 1490 g/mol. The van der Waals surface area contributed by atoms with Gasteiger partial charge in [0.25, 0.3) is 5.91 Å². The number of rotatable bonds is 56. The molecule has 1 amide bonds. The number of hydrogen-bond acceptors (Lipinski definition) is 31. The van der Waals surface area contributed by atoms with Crippen molar-refractivity contribution < 1.29 is 148 Å². The van der Waals surface area contributed by atoms with Crippen molar-refractivity contribution in [2.75, 3.05) is 19.8 Å². The van der Waals surface area contributed by atoms with Crippen molar-refractivity contribution in [1.29, 1.82) is 0 Å². The molecule has 3 saturated heterocycles. The van der Waals surface area contributed by atoms with Crippen LogP contribution in [-0.4, -0.2) is 214 Å². The fraction of sp³-hybridized carbons (Fsp3) is 0.841. The summed E-state index contributed by atoms with van der Waals surface area (Å²) >= 11 is 0. The number of esters is 12. The Labute approximate surface area is 673 Å². The van der Waals surface area contributed by atoms with Gasteiger partial charge < -0.3 is 90.6 Å². The number of carbonyl (C=O) groups excluding carboxylic acids is 13. The van der Waals surface area contributed by atoms with E-state index in [0.29, 0.717) is 31.6 Å². The molecule has 3 fully saturated rings. The van der Waals surface area contributed by atoms with Crippen LogP contribution in [0.4, 0.5) is 0 Å². The van der Waals surface area contributed by atoms with E-state index in [4.69, 9.17) is 85.3 Å². The number of hydrogen-bond donors (Lipinski definition) is 1. The molecule has 0 aromatic heterocycles. The molecule has 654 valence electrons. The van der Waals surface area contributed by atoms with E-state index in [2.05, 4.69) is 26.1 Å². The summed E-state index contributed by atoms with van der Waals surface area (Å²) in [5.41, 5.74) is 0. The van der Waals surface area contributed by atoms with Gasteiger partial charge in [-0.25, -0.2) is 0 Å². The normalized spacial score (nSPS) is 24.4. The molecule has 114 heavy (non-hydrogen) atoms. The Hall–Kier alpha value is -7.13. The fourth-order valence-electron chi connectivity index (χ4n) is 14.3. The molecule has 0 unspecified atom stereocenters. The minimum atomic E-state index is -2.14. The van der Waals surface area contributed by atoms with Gasteiger partial charge >= 0.3 is 71.6 Å². The second-order valence-corrected chi connectivity index (χ2v) is 30.3. The van der Waals surface area contributed by atoms with E-state index in [1.54, 1.807) is 0 Å². The average molecular weight is 1630 g/mol. The summed E-state index contributed by atoms with van der Waals surface area (Å²) in [7, 11) is 0. The zero-order valence-electron chi connectivity index (χ0n) is 70.5. The molecule has 3 aliphatic rings. The molecule has 0 aromatic carbocycles. The molecule has 32 heteroatoms. The van der Waals surface area contributed by atoms with Gasteiger partial charge in [-0.1, -0.05) is 188 Å². The average Bonchev–Trinajstić information content (AvgIpc) is 0.760. The van der Waals surface area contributed by atoms with Crippen molar-refractivity contribution in [1.82, 2.24) is 5.32 Å². The van der Waals surface area contributed by atoms with Gasteiger partial charge in [0.2, 0.25) is 0 Å². The summed E-state index contributed by atoms with van der Waals surface area (Å²) in [5, 5.41) is 2.86. The maximum absolute atomic E-state index is 15.1. The number of carbonyl (C=O) groups is 13. The Morgan fingerprint density at radius 1 is 0.325 bits per heavy atom. The van der Waals surface area contributed by atoms with E-state index >= 15 is 4.79 Å².